The van der Waals surface area contributed by atoms with Gasteiger partial charge in [0, 0.05) is 45.1 Å². The van der Waals surface area contributed by atoms with Gasteiger partial charge in [0.25, 0.3) is 0 Å². The molecule has 2 aromatic heterocycles. The van der Waals surface area contributed by atoms with E-state index in [1.54, 1.807) is 48.8 Å². The second-order valence-corrected chi connectivity index (χ2v) is 12.1. The van der Waals surface area contributed by atoms with Crippen LogP contribution < -0.4 is 8.37 Å². The summed E-state index contributed by atoms with van der Waals surface area (Å²) in [7, 11) is -4.22. The molecule has 0 amide bonds. The summed E-state index contributed by atoms with van der Waals surface area (Å²) in [5, 5.41) is 1.71. The van der Waals surface area contributed by atoms with E-state index < -0.39 is 20.2 Å². The molecule has 0 N–H and O–H groups in total. The number of aromatic nitrogens is 2. The summed E-state index contributed by atoms with van der Waals surface area (Å²) in [6.45, 7) is 0. The van der Waals surface area contributed by atoms with Crippen LogP contribution in [0.5, 0.6) is 11.5 Å². The SMILES string of the molecule is CS(=O)(=O)Oc1ccc2c(SSc3ccnc4cc(OS(C)(=O)=O)ccc34)ccnc2c1. The molecule has 4 aromatic rings. The predicted octanol–water partition coefficient (Wildman–Crippen LogP) is 4.26. The summed E-state index contributed by atoms with van der Waals surface area (Å²) >= 11 is 0. The largest absolute Gasteiger partial charge is 0.383 e. The van der Waals surface area contributed by atoms with Gasteiger partial charge in [0.1, 0.15) is 11.5 Å². The molecule has 0 bridgehead atoms. The van der Waals surface area contributed by atoms with Crippen molar-refractivity contribution in [1.82, 2.24) is 9.97 Å². The van der Waals surface area contributed by atoms with Crippen molar-refractivity contribution in [2.45, 2.75) is 9.79 Å². The van der Waals surface area contributed by atoms with Crippen LogP contribution in [0.4, 0.5) is 0 Å². The molecule has 4 rings (SSSR count). The molecular weight excluding hydrogens is 492 g/mol. The zero-order chi connectivity index (χ0) is 22.9. The van der Waals surface area contributed by atoms with Gasteiger partial charge in [-0.1, -0.05) is 21.6 Å². The van der Waals surface area contributed by atoms with Gasteiger partial charge in [-0.25, -0.2) is 0 Å². The number of fused-ring (bicyclic) bond motifs is 2. The van der Waals surface area contributed by atoms with E-state index in [1.165, 1.54) is 21.6 Å². The molecule has 0 radical (unpaired) electrons. The first-order chi connectivity index (χ1) is 15.1. The monoisotopic (exact) mass is 508 g/mol. The molecule has 0 aliphatic heterocycles. The average Bonchev–Trinajstić information content (AvgIpc) is 2.69. The third-order valence-electron chi connectivity index (χ3n) is 4.06. The number of hydrogen-bond acceptors (Lipinski definition) is 10. The van der Waals surface area contributed by atoms with Gasteiger partial charge < -0.3 is 8.37 Å². The Hall–Kier alpha value is -2.54. The van der Waals surface area contributed by atoms with Crippen LogP contribution in [-0.4, -0.2) is 39.3 Å². The molecule has 0 spiro atoms. The highest BCUT2D eigenvalue weighted by atomic mass is 33.1. The van der Waals surface area contributed by atoms with Crippen LogP contribution in [0.15, 0.2) is 70.7 Å². The maximum absolute atomic E-state index is 11.4. The van der Waals surface area contributed by atoms with Gasteiger partial charge in [0.15, 0.2) is 0 Å². The molecule has 0 aliphatic rings. The van der Waals surface area contributed by atoms with E-state index in [0.717, 1.165) is 33.1 Å². The normalized spacial score (nSPS) is 12.2. The Morgan fingerprint density at radius 3 is 1.44 bits per heavy atom. The van der Waals surface area contributed by atoms with Crippen LogP contribution in [0.2, 0.25) is 0 Å². The lowest BCUT2D eigenvalue weighted by atomic mass is 10.2. The molecule has 0 atom stereocenters. The van der Waals surface area contributed by atoms with E-state index in [0.29, 0.717) is 11.0 Å². The number of hydrogen-bond donors (Lipinski definition) is 0. The van der Waals surface area contributed by atoms with E-state index in [9.17, 15) is 16.8 Å². The van der Waals surface area contributed by atoms with Crippen LogP contribution in [-0.2, 0) is 20.2 Å². The second-order valence-electron chi connectivity index (χ2n) is 6.72. The Kier molecular flexibility index (Phi) is 6.21. The first-order valence-electron chi connectivity index (χ1n) is 8.98. The molecule has 166 valence electrons. The molecule has 0 saturated heterocycles. The Morgan fingerprint density at radius 2 is 1.06 bits per heavy atom. The van der Waals surface area contributed by atoms with E-state index in [-0.39, 0.29) is 11.5 Å². The molecule has 2 aromatic carbocycles. The van der Waals surface area contributed by atoms with Crippen molar-refractivity contribution in [2.24, 2.45) is 0 Å². The van der Waals surface area contributed by atoms with Gasteiger partial charge in [-0.3, -0.25) is 9.97 Å². The van der Waals surface area contributed by atoms with E-state index in [4.69, 9.17) is 8.37 Å². The van der Waals surface area contributed by atoms with Gasteiger partial charge >= 0.3 is 20.2 Å². The zero-order valence-electron chi connectivity index (χ0n) is 16.8. The van der Waals surface area contributed by atoms with Gasteiger partial charge in [-0.2, -0.15) is 16.8 Å². The van der Waals surface area contributed by atoms with Crippen LogP contribution in [0, 0.1) is 0 Å². The Balaban J connectivity index is 1.60. The minimum atomic E-state index is -3.62. The summed E-state index contributed by atoms with van der Waals surface area (Å²) in [6.07, 6.45) is 5.27. The highest BCUT2D eigenvalue weighted by Gasteiger charge is 2.11. The summed E-state index contributed by atoms with van der Waals surface area (Å²) in [5.41, 5.74) is 1.22. The van der Waals surface area contributed by atoms with E-state index >= 15 is 0 Å². The topological polar surface area (TPSA) is 113 Å². The maximum Gasteiger partial charge on any atom is 0.306 e. The standard InChI is InChI=1S/C20H16N2O6S4/c1-31(23,24)27-13-3-5-15-17(11-13)21-9-7-19(15)29-30-20-8-10-22-18-12-14(4-6-16(18)20)28-32(2,25)26/h3-12H,1-2H3. The van der Waals surface area contributed by atoms with Crippen molar-refractivity contribution in [1.29, 1.82) is 0 Å². The van der Waals surface area contributed by atoms with Crippen molar-refractivity contribution in [3.8, 4) is 11.5 Å². The quantitative estimate of drug-likeness (QED) is 0.265. The first kappa shape index (κ1) is 22.6. The lowest BCUT2D eigenvalue weighted by Gasteiger charge is -2.09. The first-order valence-corrected chi connectivity index (χ1v) is 14.8. The smallest absolute Gasteiger partial charge is 0.306 e. The van der Waals surface area contributed by atoms with Crippen molar-refractivity contribution in [3.05, 3.63) is 60.9 Å². The molecule has 0 saturated carbocycles. The van der Waals surface area contributed by atoms with Crippen LogP contribution in [0.3, 0.4) is 0 Å². The molecule has 0 aliphatic carbocycles. The molecular formula is C20H16N2O6S4. The fraction of sp³-hybridized carbons (Fsp3) is 0.100. The summed E-state index contributed by atoms with van der Waals surface area (Å²) in [4.78, 5) is 10.5. The number of nitrogens with zero attached hydrogens (tertiary/aromatic N) is 2. The lowest BCUT2D eigenvalue weighted by molar-refractivity contribution is 0.491. The van der Waals surface area contributed by atoms with Gasteiger partial charge in [-0.05, 0) is 36.4 Å². The van der Waals surface area contributed by atoms with Crippen molar-refractivity contribution < 1.29 is 25.2 Å². The number of benzene rings is 2. The third-order valence-corrected chi connectivity index (χ3v) is 7.54. The van der Waals surface area contributed by atoms with Crippen molar-refractivity contribution >= 4 is 63.6 Å². The van der Waals surface area contributed by atoms with E-state index in [2.05, 4.69) is 9.97 Å². The molecule has 12 heteroatoms. The Bertz CT molecular complexity index is 1420. The fourth-order valence-electron chi connectivity index (χ4n) is 2.89. The number of rotatable bonds is 7. The summed E-state index contributed by atoms with van der Waals surface area (Å²) in [6, 6.07) is 13.6. The minimum absolute atomic E-state index is 0.203. The lowest BCUT2D eigenvalue weighted by Crippen LogP contribution is -2.05. The maximum atomic E-state index is 11.4. The average molecular weight is 509 g/mol. The van der Waals surface area contributed by atoms with Crippen LogP contribution in [0.25, 0.3) is 21.8 Å². The third kappa shape index (κ3) is 5.63. The molecule has 0 unspecified atom stereocenters. The van der Waals surface area contributed by atoms with Gasteiger partial charge in [0.05, 0.1) is 23.5 Å². The summed E-state index contributed by atoms with van der Waals surface area (Å²) in [5.74, 6) is 0.407. The molecule has 32 heavy (non-hydrogen) atoms. The predicted molar refractivity (Wildman–Crippen MR) is 126 cm³/mol. The Morgan fingerprint density at radius 1 is 0.656 bits per heavy atom. The Labute approximate surface area is 193 Å². The van der Waals surface area contributed by atoms with Crippen molar-refractivity contribution in [2.75, 3.05) is 12.5 Å². The highest BCUT2D eigenvalue weighted by Crippen LogP contribution is 2.43. The highest BCUT2D eigenvalue weighted by molar-refractivity contribution is 8.76. The molecule has 8 nitrogen and oxygen atoms in total. The van der Waals surface area contributed by atoms with Crippen LogP contribution in [0.1, 0.15) is 0 Å². The van der Waals surface area contributed by atoms with Gasteiger partial charge in [-0.15, -0.1) is 0 Å². The molecule has 0 fully saturated rings. The number of pyridine rings is 2. The fourth-order valence-corrected chi connectivity index (χ4v) is 6.15. The summed E-state index contributed by atoms with van der Waals surface area (Å²) < 4.78 is 55.3. The zero-order valence-corrected chi connectivity index (χ0v) is 20.0. The van der Waals surface area contributed by atoms with E-state index in [1.807, 2.05) is 12.1 Å². The minimum Gasteiger partial charge on any atom is -0.383 e. The van der Waals surface area contributed by atoms with Gasteiger partial charge in [0.2, 0.25) is 0 Å². The van der Waals surface area contributed by atoms with Crippen LogP contribution >= 0.6 is 21.6 Å². The second kappa shape index (κ2) is 8.77. The van der Waals surface area contributed by atoms with Crippen molar-refractivity contribution in [3.63, 3.8) is 0 Å². The molecule has 2 heterocycles.